The predicted molar refractivity (Wildman–Crippen MR) is 88.9 cm³/mol. The summed E-state index contributed by atoms with van der Waals surface area (Å²) in [6.45, 7) is 3.79. The molecule has 2 aromatic carbocycles. The van der Waals surface area contributed by atoms with E-state index in [2.05, 4.69) is 24.0 Å². The Balaban J connectivity index is 1.77. The highest BCUT2D eigenvalue weighted by atomic mass is 16.7. The van der Waals surface area contributed by atoms with Gasteiger partial charge in [0.2, 0.25) is 12.7 Å². The Morgan fingerprint density at radius 2 is 1.91 bits per heavy atom. The number of hydrogen-bond donors (Lipinski definition) is 1. The van der Waals surface area contributed by atoms with Crippen LogP contribution in [0.5, 0.6) is 11.5 Å². The predicted octanol–water partition coefficient (Wildman–Crippen LogP) is 3.70. The second-order valence-electron chi connectivity index (χ2n) is 5.73. The molecule has 0 bridgehead atoms. The van der Waals surface area contributed by atoms with E-state index in [1.54, 1.807) is 0 Å². The van der Waals surface area contributed by atoms with Gasteiger partial charge in [0.15, 0.2) is 11.5 Å². The van der Waals surface area contributed by atoms with Crippen LogP contribution in [0, 0.1) is 0 Å². The first-order valence-corrected chi connectivity index (χ1v) is 7.74. The minimum absolute atomic E-state index is 0.171. The van der Waals surface area contributed by atoms with Gasteiger partial charge in [0.05, 0.1) is 0 Å². The van der Waals surface area contributed by atoms with Crippen molar-refractivity contribution in [3.05, 3.63) is 54.1 Å². The van der Waals surface area contributed by atoms with Crippen LogP contribution < -0.4 is 14.8 Å². The molecule has 2 aliphatic rings. The third-order valence-corrected chi connectivity index (χ3v) is 4.41. The fraction of sp³-hybridized carbons (Fsp3) is 0.211. The Labute approximate surface area is 134 Å². The molecule has 1 aliphatic heterocycles. The van der Waals surface area contributed by atoms with Crippen molar-refractivity contribution in [1.82, 2.24) is 0 Å². The minimum Gasteiger partial charge on any atom is -0.454 e. The van der Waals surface area contributed by atoms with Crippen LogP contribution in [0.1, 0.15) is 17.5 Å². The van der Waals surface area contributed by atoms with Crippen molar-refractivity contribution in [1.29, 1.82) is 0 Å². The molecule has 1 amide bonds. The summed E-state index contributed by atoms with van der Waals surface area (Å²) >= 11 is 0. The van der Waals surface area contributed by atoms with E-state index >= 15 is 0 Å². The van der Waals surface area contributed by atoms with E-state index in [0.717, 1.165) is 42.0 Å². The zero-order valence-electron chi connectivity index (χ0n) is 12.7. The molecule has 4 nitrogen and oxygen atoms in total. The fourth-order valence-corrected chi connectivity index (χ4v) is 3.34. The molecule has 4 rings (SSSR count). The first-order valence-electron chi connectivity index (χ1n) is 7.74. The van der Waals surface area contributed by atoms with Crippen molar-refractivity contribution < 1.29 is 14.3 Å². The fourth-order valence-electron chi connectivity index (χ4n) is 3.34. The van der Waals surface area contributed by atoms with Gasteiger partial charge in [-0.15, -0.1) is 0 Å². The molecule has 116 valence electrons. The number of rotatable bonds is 3. The lowest BCUT2D eigenvalue weighted by Gasteiger charge is -2.14. The van der Waals surface area contributed by atoms with Crippen LogP contribution in [-0.4, -0.2) is 12.7 Å². The molecule has 0 radical (unpaired) electrons. The monoisotopic (exact) mass is 307 g/mol. The standard InChI is InChI=1S/C19H17NO3/c1-2-19(21)20-16-8-7-13(14-4-3-5-15(14)16)12-6-9-17-18(10-12)23-11-22-17/h2,6-10H,1,3-5,11H2,(H,20,21). The smallest absolute Gasteiger partial charge is 0.247 e. The number of amides is 1. The van der Waals surface area contributed by atoms with E-state index in [4.69, 9.17) is 9.47 Å². The average Bonchev–Trinajstić information content (AvgIpc) is 3.23. The highest BCUT2D eigenvalue weighted by Crippen LogP contribution is 2.40. The van der Waals surface area contributed by atoms with Crippen molar-refractivity contribution in [3.8, 4) is 22.6 Å². The highest BCUT2D eigenvalue weighted by Gasteiger charge is 2.21. The molecule has 0 saturated carbocycles. The second kappa shape index (κ2) is 5.47. The Bertz CT molecular complexity index is 811. The summed E-state index contributed by atoms with van der Waals surface area (Å²) < 4.78 is 10.9. The highest BCUT2D eigenvalue weighted by molar-refractivity contribution is 6.00. The number of carbonyl (C=O) groups excluding carboxylic acids is 1. The molecule has 0 spiro atoms. The maximum atomic E-state index is 11.6. The van der Waals surface area contributed by atoms with E-state index in [1.165, 1.54) is 22.8 Å². The van der Waals surface area contributed by atoms with E-state index in [0.29, 0.717) is 0 Å². The van der Waals surface area contributed by atoms with Gasteiger partial charge in [-0.05, 0) is 65.8 Å². The molecule has 4 heteroatoms. The number of fused-ring (bicyclic) bond motifs is 2. The van der Waals surface area contributed by atoms with Gasteiger partial charge in [-0.25, -0.2) is 0 Å². The average molecular weight is 307 g/mol. The number of nitrogens with one attached hydrogen (secondary N) is 1. The number of anilines is 1. The van der Waals surface area contributed by atoms with Crippen molar-refractivity contribution in [2.24, 2.45) is 0 Å². The number of ether oxygens (including phenoxy) is 2. The van der Waals surface area contributed by atoms with Crippen LogP contribution in [0.25, 0.3) is 11.1 Å². The molecule has 0 atom stereocenters. The third-order valence-electron chi connectivity index (χ3n) is 4.41. The quantitative estimate of drug-likeness (QED) is 0.880. The first kappa shape index (κ1) is 13.9. The molecule has 1 aliphatic carbocycles. The SMILES string of the molecule is C=CC(=O)Nc1ccc(-c2ccc3c(c2)OCO3)c2c1CCC2. The van der Waals surface area contributed by atoms with E-state index in [1.807, 2.05) is 18.2 Å². The summed E-state index contributed by atoms with van der Waals surface area (Å²) in [5.74, 6) is 1.41. The first-order chi connectivity index (χ1) is 11.3. The summed E-state index contributed by atoms with van der Waals surface area (Å²) in [5, 5.41) is 2.91. The maximum Gasteiger partial charge on any atom is 0.247 e. The molecule has 0 fully saturated rings. The van der Waals surface area contributed by atoms with Crippen LogP contribution in [-0.2, 0) is 17.6 Å². The van der Waals surface area contributed by atoms with E-state index in [-0.39, 0.29) is 12.7 Å². The van der Waals surface area contributed by atoms with Gasteiger partial charge in [0.1, 0.15) is 0 Å². The summed E-state index contributed by atoms with van der Waals surface area (Å²) in [6, 6.07) is 10.1. The minimum atomic E-state index is -0.171. The van der Waals surface area contributed by atoms with Crippen molar-refractivity contribution in [3.63, 3.8) is 0 Å². The molecule has 2 aromatic rings. The van der Waals surface area contributed by atoms with Crippen LogP contribution in [0.3, 0.4) is 0 Å². The molecule has 0 unspecified atom stereocenters. The summed E-state index contributed by atoms with van der Waals surface area (Å²) in [6.07, 6.45) is 4.42. The lowest BCUT2D eigenvalue weighted by atomic mass is 9.95. The molecule has 1 N–H and O–H groups in total. The summed E-state index contributed by atoms with van der Waals surface area (Å²) in [7, 11) is 0. The molecule has 1 heterocycles. The third kappa shape index (κ3) is 2.36. The van der Waals surface area contributed by atoms with Crippen LogP contribution in [0.2, 0.25) is 0 Å². The molecular formula is C19H17NO3. The molecular weight excluding hydrogens is 290 g/mol. The van der Waals surface area contributed by atoms with Gasteiger partial charge in [-0.3, -0.25) is 4.79 Å². The maximum absolute atomic E-state index is 11.6. The molecule has 23 heavy (non-hydrogen) atoms. The van der Waals surface area contributed by atoms with Crippen molar-refractivity contribution >= 4 is 11.6 Å². The summed E-state index contributed by atoms with van der Waals surface area (Å²) in [5.41, 5.74) is 5.76. The van der Waals surface area contributed by atoms with Gasteiger partial charge >= 0.3 is 0 Å². The largest absolute Gasteiger partial charge is 0.454 e. The summed E-state index contributed by atoms with van der Waals surface area (Å²) in [4.78, 5) is 11.6. The Kier molecular flexibility index (Phi) is 3.30. The zero-order valence-corrected chi connectivity index (χ0v) is 12.7. The second-order valence-corrected chi connectivity index (χ2v) is 5.73. The van der Waals surface area contributed by atoms with Crippen molar-refractivity contribution in [2.75, 3.05) is 12.1 Å². The van der Waals surface area contributed by atoms with Crippen LogP contribution in [0.15, 0.2) is 43.0 Å². The zero-order chi connectivity index (χ0) is 15.8. The topological polar surface area (TPSA) is 47.6 Å². The normalized spacial score (nSPS) is 14.4. The van der Waals surface area contributed by atoms with Gasteiger partial charge in [-0.1, -0.05) is 18.7 Å². The number of benzene rings is 2. The lowest BCUT2D eigenvalue weighted by Crippen LogP contribution is -2.09. The van der Waals surface area contributed by atoms with E-state index in [9.17, 15) is 4.79 Å². The van der Waals surface area contributed by atoms with Crippen LogP contribution >= 0.6 is 0 Å². The van der Waals surface area contributed by atoms with Gasteiger partial charge in [0.25, 0.3) is 0 Å². The van der Waals surface area contributed by atoms with Gasteiger partial charge in [-0.2, -0.15) is 0 Å². The van der Waals surface area contributed by atoms with Gasteiger partial charge in [0, 0.05) is 5.69 Å². The van der Waals surface area contributed by atoms with Crippen molar-refractivity contribution in [2.45, 2.75) is 19.3 Å². The Morgan fingerprint density at radius 3 is 2.78 bits per heavy atom. The number of carbonyl (C=O) groups is 1. The van der Waals surface area contributed by atoms with Crippen LogP contribution in [0.4, 0.5) is 5.69 Å². The number of hydrogen-bond acceptors (Lipinski definition) is 3. The molecule has 0 saturated heterocycles. The van der Waals surface area contributed by atoms with Gasteiger partial charge < -0.3 is 14.8 Å². The Hall–Kier alpha value is -2.75. The lowest BCUT2D eigenvalue weighted by molar-refractivity contribution is -0.111. The Morgan fingerprint density at radius 1 is 1.09 bits per heavy atom. The van der Waals surface area contributed by atoms with E-state index < -0.39 is 0 Å². The molecule has 0 aromatic heterocycles.